The average molecular weight is 383 g/mol. The third-order valence-corrected chi connectivity index (χ3v) is 5.08. The van der Waals surface area contributed by atoms with Gasteiger partial charge in [0.1, 0.15) is 0 Å². The summed E-state index contributed by atoms with van der Waals surface area (Å²) < 4.78 is 28.3. The quantitative estimate of drug-likeness (QED) is 0.810. The summed E-state index contributed by atoms with van der Waals surface area (Å²) in [7, 11) is 1.42. The number of ether oxygens (including phenoxy) is 1. The second kappa shape index (κ2) is 6.43. The molecular formula is C12H13BrClNO4S. The Morgan fingerprint density at radius 3 is 2.85 bits per heavy atom. The molecule has 8 heteroatoms. The van der Waals surface area contributed by atoms with Crippen LogP contribution in [0.2, 0.25) is 0 Å². The summed E-state index contributed by atoms with van der Waals surface area (Å²) in [5.41, 5.74) is 0.241. The first-order valence-corrected chi connectivity index (χ1v) is 9.08. The molecule has 1 fully saturated rings. The van der Waals surface area contributed by atoms with Crippen LogP contribution >= 0.6 is 26.6 Å². The highest BCUT2D eigenvalue weighted by Crippen LogP contribution is 2.23. The minimum atomic E-state index is -3.85. The molecule has 1 saturated heterocycles. The highest BCUT2D eigenvalue weighted by atomic mass is 79.9. The molecule has 1 aromatic rings. The van der Waals surface area contributed by atoms with Crippen molar-refractivity contribution in [3.63, 3.8) is 0 Å². The first kappa shape index (κ1) is 15.8. The van der Waals surface area contributed by atoms with Crippen molar-refractivity contribution in [2.24, 2.45) is 5.92 Å². The van der Waals surface area contributed by atoms with Crippen LogP contribution in [0.25, 0.3) is 0 Å². The third-order valence-electron chi connectivity index (χ3n) is 3.04. The zero-order chi connectivity index (χ0) is 14.8. The summed E-state index contributed by atoms with van der Waals surface area (Å²) in [6.07, 6.45) is 0.914. The molecule has 0 spiro atoms. The molecule has 1 heterocycles. The van der Waals surface area contributed by atoms with E-state index >= 15 is 0 Å². The van der Waals surface area contributed by atoms with Crippen LogP contribution in [0.4, 0.5) is 0 Å². The molecule has 1 aromatic carbocycles. The lowest BCUT2D eigenvalue weighted by Gasteiger charge is -2.11. The second-order valence-corrected chi connectivity index (χ2v) is 7.94. The number of carbonyl (C=O) groups excluding carboxylic acids is 1. The van der Waals surface area contributed by atoms with Crippen molar-refractivity contribution in [3.05, 3.63) is 28.2 Å². The summed E-state index contributed by atoms with van der Waals surface area (Å²) in [5.74, 6) is -0.0383. The topological polar surface area (TPSA) is 72.5 Å². The van der Waals surface area contributed by atoms with Crippen LogP contribution in [-0.4, -0.2) is 34.1 Å². The van der Waals surface area contributed by atoms with Gasteiger partial charge in [0, 0.05) is 34.2 Å². The Hall–Kier alpha value is -0.630. The maximum Gasteiger partial charge on any atom is 0.261 e. The van der Waals surface area contributed by atoms with Gasteiger partial charge in [-0.1, -0.05) is 0 Å². The predicted octanol–water partition coefficient (Wildman–Crippen LogP) is 2.14. The van der Waals surface area contributed by atoms with Gasteiger partial charge in [-0.15, -0.1) is 0 Å². The first-order chi connectivity index (χ1) is 9.38. The number of carbonyl (C=O) groups is 1. The minimum Gasteiger partial charge on any atom is -0.381 e. The summed E-state index contributed by atoms with van der Waals surface area (Å²) >= 11 is 3.23. The Balaban J connectivity index is 2.12. The molecular weight excluding hydrogens is 370 g/mol. The monoisotopic (exact) mass is 381 g/mol. The minimum absolute atomic E-state index is 0.100. The normalized spacial score (nSPS) is 19.0. The van der Waals surface area contributed by atoms with E-state index in [-0.39, 0.29) is 16.4 Å². The van der Waals surface area contributed by atoms with Crippen molar-refractivity contribution in [2.75, 3.05) is 19.8 Å². The van der Waals surface area contributed by atoms with Gasteiger partial charge < -0.3 is 10.1 Å². The van der Waals surface area contributed by atoms with Crippen molar-refractivity contribution in [2.45, 2.75) is 11.3 Å². The molecule has 110 valence electrons. The molecule has 0 bridgehead atoms. The standard InChI is InChI=1S/C12H13BrClNO4S/c13-11-2-1-9(20(14,17)18)5-10(11)12(16)15-6-8-3-4-19-7-8/h1-2,5,8H,3-4,6-7H2,(H,15,16). The van der Waals surface area contributed by atoms with E-state index in [2.05, 4.69) is 21.2 Å². The van der Waals surface area contributed by atoms with Gasteiger partial charge in [-0.25, -0.2) is 8.42 Å². The Morgan fingerprint density at radius 2 is 2.25 bits per heavy atom. The smallest absolute Gasteiger partial charge is 0.261 e. The summed E-state index contributed by atoms with van der Waals surface area (Å²) in [4.78, 5) is 12.0. The average Bonchev–Trinajstić information content (AvgIpc) is 2.88. The number of amides is 1. The number of benzene rings is 1. The van der Waals surface area contributed by atoms with Gasteiger partial charge in [0.2, 0.25) is 0 Å². The number of nitrogens with one attached hydrogen (secondary N) is 1. The molecule has 20 heavy (non-hydrogen) atoms. The molecule has 1 N–H and O–H groups in total. The highest BCUT2D eigenvalue weighted by molar-refractivity contribution is 9.10. The van der Waals surface area contributed by atoms with Gasteiger partial charge in [-0.3, -0.25) is 4.79 Å². The zero-order valence-electron chi connectivity index (χ0n) is 10.4. The lowest BCUT2D eigenvalue weighted by Crippen LogP contribution is -2.29. The molecule has 1 aliphatic rings. The van der Waals surface area contributed by atoms with Crippen LogP contribution in [0.5, 0.6) is 0 Å². The molecule has 0 saturated carbocycles. The molecule has 1 unspecified atom stereocenters. The SMILES string of the molecule is O=C(NCC1CCOC1)c1cc(S(=O)(=O)Cl)ccc1Br. The van der Waals surface area contributed by atoms with Crippen LogP contribution in [0, 0.1) is 5.92 Å². The number of hydrogen-bond donors (Lipinski definition) is 1. The fraction of sp³-hybridized carbons (Fsp3) is 0.417. The van der Waals surface area contributed by atoms with Crippen molar-refractivity contribution in [1.29, 1.82) is 0 Å². The first-order valence-electron chi connectivity index (χ1n) is 5.98. The Morgan fingerprint density at radius 1 is 1.50 bits per heavy atom. The van der Waals surface area contributed by atoms with Gasteiger partial charge >= 0.3 is 0 Å². The lowest BCUT2D eigenvalue weighted by molar-refractivity contribution is 0.0944. The van der Waals surface area contributed by atoms with E-state index in [0.29, 0.717) is 30.1 Å². The highest BCUT2D eigenvalue weighted by Gasteiger charge is 2.19. The van der Waals surface area contributed by atoms with E-state index in [9.17, 15) is 13.2 Å². The number of hydrogen-bond acceptors (Lipinski definition) is 4. The van der Waals surface area contributed by atoms with E-state index in [1.807, 2.05) is 0 Å². The Bertz CT molecular complexity index is 614. The van der Waals surface area contributed by atoms with Crippen LogP contribution in [0.15, 0.2) is 27.6 Å². The summed E-state index contributed by atoms with van der Waals surface area (Å²) in [5, 5.41) is 2.77. The van der Waals surface area contributed by atoms with E-state index in [1.165, 1.54) is 18.2 Å². The van der Waals surface area contributed by atoms with E-state index < -0.39 is 9.05 Å². The molecule has 0 aromatic heterocycles. The summed E-state index contributed by atoms with van der Waals surface area (Å²) in [6, 6.07) is 4.09. The number of rotatable bonds is 4. The fourth-order valence-corrected chi connectivity index (χ4v) is 3.11. The molecule has 0 radical (unpaired) electrons. The lowest BCUT2D eigenvalue weighted by atomic mass is 10.1. The van der Waals surface area contributed by atoms with E-state index in [1.54, 1.807) is 0 Å². The maximum atomic E-state index is 12.1. The van der Waals surface area contributed by atoms with Crippen molar-refractivity contribution in [1.82, 2.24) is 5.32 Å². The second-order valence-electron chi connectivity index (χ2n) is 4.52. The molecule has 0 aliphatic carbocycles. The predicted molar refractivity (Wildman–Crippen MR) is 78.4 cm³/mol. The van der Waals surface area contributed by atoms with Gasteiger partial charge in [0.15, 0.2) is 0 Å². The van der Waals surface area contributed by atoms with Crippen LogP contribution < -0.4 is 5.32 Å². The Labute approximate surface area is 130 Å². The van der Waals surface area contributed by atoms with Crippen LogP contribution in [0.1, 0.15) is 16.8 Å². The van der Waals surface area contributed by atoms with Crippen molar-refractivity contribution < 1.29 is 17.9 Å². The van der Waals surface area contributed by atoms with E-state index in [4.69, 9.17) is 15.4 Å². The molecule has 2 rings (SSSR count). The van der Waals surface area contributed by atoms with E-state index in [0.717, 1.165) is 6.42 Å². The fourth-order valence-electron chi connectivity index (χ4n) is 1.91. The molecule has 1 aliphatic heterocycles. The van der Waals surface area contributed by atoms with Crippen molar-refractivity contribution >= 4 is 41.6 Å². The number of halogens is 2. The molecule has 1 atom stereocenters. The van der Waals surface area contributed by atoms with Gasteiger partial charge in [0.25, 0.3) is 15.0 Å². The van der Waals surface area contributed by atoms with Crippen molar-refractivity contribution in [3.8, 4) is 0 Å². The maximum absolute atomic E-state index is 12.1. The Kier molecular flexibility index (Phi) is 5.06. The third kappa shape index (κ3) is 3.94. The zero-order valence-corrected chi connectivity index (χ0v) is 13.6. The molecule has 5 nitrogen and oxygen atoms in total. The van der Waals surface area contributed by atoms with Crippen LogP contribution in [0.3, 0.4) is 0 Å². The molecule has 1 amide bonds. The summed E-state index contributed by atoms with van der Waals surface area (Å²) in [6.45, 7) is 1.85. The van der Waals surface area contributed by atoms with Gasteiger partial charge in [-0.05, 0) is 40.5 Å². The van der Waals surface area contributed by atoms with Gasteiger partial charge in [-0.2, -0.15) is 0 Å². The van der Waals surface area contributed by atoms with Crippen LogP contribution in [-0.2, 0) is 13.8 Å². The largest absolute Gasteiger partial charge is 0.381 e. The van der Waals surface area contributed by atoms with Gasteiger partial charge in [0.05, 0.1) is 17.1 Å².